The zero-order chi connectivity index (χ0) is 27.0. The van der Waals surface area contributed by atoms with Crippen molar-refractivity contribution in [2.24, 2.45) is 5.92 Å². The van der Waals surface area contributed by atoms with Crippen molar-refractivity contribution in [2.75, 3.05) is 19.6 Å². The van der Waals surface area contributed by atoms with Gasteiger partial charge in [0.1, 0.15) is 17.2 Å². The lowest BCUT2D eigenvalue weighted by Crippen LogP contribution is -2.48. The van der Waals surface area contributed by atoms with Crippen LogP contribution in [0.5, 0.6) is 17.2 Å². The lowest BCUT2D eigenvalue weighted by atomic mass is 9.55. The third-order valence-corrected chi connectivity index (χ3v) is 7.60. The van der Waals surface area contributed by atoms with Gasteiger partial charge in [-0.05, 0) is 36.6 Å². The van der Waals surface area contributed by atoms with E-state index in [4.69, 9.17) is 9.47 Å². The number of fused-ring (bicyclic) bond motifs is 1. The molecule has 0 saturated carbocycles. The molecule has 0 radical (unpaired) electrons. The molecule has 1 fully saturated rings. The van der Waals surface area contributed by atoms with E-state index in [0.29, 0.717) is 34.7 Å². The Labute approximate surface area is 222 Å². The van der Waals surface area contributed by atoms with Crippen LogP contribution >= 0.6 is 0 Å². The topological polar surface area (TPSA) is 88.1 Å². The summed E-state index contributed by atoms with van der Waals surface area (Å²) in [6, 6.07) is 19.9. The molecule has 1 aliphatic carbocycles. The van der Waals surface area contributed by atoms with Crippen LogP contribution in [0.15, 0.2) is 91.0 Å². The Morgan fingerprint density at radius 2 is 1.66 bits per heavy atom. The second-order valence-corrected chi connectivity index (χ2v) is 9.59. The number of rotatable bonds is 7. The fourth-order valence-electron chi connectivity index (χ4n) is 5.90. The molecule has 0 spiro atoms. The number of carbonyl (C=O) groups excluding carboxylic acids is 2. The third kappa shape index (κ3) is 3.74. The van der Waals surface area contributed by atoms with Crippen LogP contribution in [-0.4, -0.2) is 36.1 Å². The lowest BCUT2D eigenvalue weighted by molar-refractivity contribution is -0.138. The van der Waals surface area contributed by atoms with Crippen molar-refractivity contribution in [3.8, 4) is 17.2 Å². The Kier molecular flexibility index (Phi) is 6.45. The van der Waals surface area contributed by atoms with Crippen molar-refractivity contribution in [3.05, 3.63) is 108 Å². The first kappa shape index (κ1) is 25.1. The van der Waals surface area contributed by atoms with Gasteiger partial charge < -0.3 is 14.6 Å². The van der Waals surface area contributed by atoms with Crippen LogP contribution in [-0.2, 0) is 15.0 Å². The van der Waals surface area contributed by atoms with E-state index in [0.717, 1.165) is 16.1 Å². The molecule has 38 heavy (non-hydrogen) atoms. The smallest absolute Gasteiger partial charge is 0.260 e. The molecule has 1 aliphatic heterocycles. The van der Waals surface area contributed by atoms with Crippen molar-refractivity contribution >= 4 is 17.5 Å². The number of phenols is 1. The Balaban J connectivity index is 1.79. The molecular weight excluding hydrogens is 480 g/mol. The standard InChI is InChI=1S/C31H30N2O5/c1-5-20-13-16-24-29(35)33(32-22-14-11-19(2)12-15-22)30(36)31(24,21-9-7-6-8-10-21)28(20)27-25(37-3)17-23(34)18-26(27)38-4/h5-15,17-18,24,28,32,34H,1,16H2,2-4H3. The summed E-state index contributed by atoms with van der Waals surface area (Å²) in [7, 11) is 2.99. The fraction of sp³-hybridized carbons (Fsp3) is 0.226. The zero-order valence-corrected chi connectivity index (χ0v) is 21.6. The summed E-state index contributed by atoms with van der Waals surface area (Å²) in [5, 5.41) is 11.5. The first-order valence-corrected chi connectivity index (χ1v) is 12.4. The Hall–Kier alpha value is -4.52. The zero-order valence-electron chi connectivity index (χ0n) is 21.6. The number of hydrogen-bond acceptors (Lipinski definition) is 6. The number of carbonyl (C=O) groups is 2. The van der Waals surface area contributed by atoms with Gasteiger partial charge in [-0.1, -0.05) is 66.8 Å². The predicted octanol–water partition coefficient (Wildman–Crippen LogP) is 5.27. The van der Waals surface area contributed by atoms with Crippen LogP contribution in [0.3, 0.4) is 0 Å². The van der Waals surface area contributed by atoms with E-state index in [1.165, 1.54) is 26.4 Å². The van der Waals surface area contributed by atoms with Gasteiger partial charge in [0.25, 0.3) is 11.8 Å². The first-order valence-electron chi connectivity index (χ1n) is 12.4. The molecule has 2 N–H and O–H groups in total. The van der Waals surface area contributed by atoms with Crippen molar-refractivity contribution in [1.29, 1.82) is 0 Å². The number of anilines is 1. The van der Waals surface area contributed by atoms with Crippen LogP contribution < -0.4 is 14.9 Å². The van der Waals surface area contributed by atoms with E-state index in [9.17, 15) is 14.7 Å². The van der Waals surface area contributed by atoms with Crippen LogP contribution in [0.25, 0.3) is 0 Å². The Morgan fingerprint density at radius 1 is 1.03 bits per heavy atom. The quantitative estimate of drug-likeness (QED) is 0.421. The maximum atomic E-state index is 14.7. The minimum atomic E-state index is -1.33. The molecule has 1 saturated heterocycles. The van der Waals surface area contributed by atoms with Crippen LogP contribution in [0, 0.1) is 12.8 Å². The molecule has 0 aromatic heterocycles. The summed E-state index contributed by atoms with van der Waals surface area (Å²) in [4.78, 5) is 28.7. The van der Waals surface area contributed by atoms with Crippen molar-refractivity contribution in [1.82, 2.24) is 5.01 Å². The largest absolute Gasteiger partial charge is 0.508 e. The molecule has 0 bridgehead atoms. The van der Waals surface area contributed by atoms with E-state index in [2.05, 4.69) is 12.0 Å². The van der Waals surface area contributed by atoms with Crippen molar-refractivity contribution in [3.63, 3.8) is 0 Å². The summed E-state index contributed by atoms with van der Waals surface area (Å²) < 4.78 is 11.4. The van der Waals surface area contributed by atoms with E-state index in [1.807, 2.05) is 67.6 Å². The van der Waals surface area contributed by atoms with Gasteiger partial charge in [-0.25, -0.2) is 0 Å². The van der Waals surface area contributed by atoms with Gasteiger partial charge in [0.05, 0.1) is 31.2 Å². The first-order chi connectivity index (χ1) is 18.4. The molecule has 7 nitrogen and oxygen atoms in total. The Bertz CT molecular complexity index is 1410. The number of amides is 2. The molecule has 2 amide bonds. The van der Waals surface area contributed by atoms with E-state index >= 15 is 0 Å². The number of phenolic OH excluding ortho intramolecular Hbond substituents is 1. The minimum Gasteiger partial charge on any atom is -0.508 e. The highest BCUT2D eigenvalue weighted by Gasteiger charge is 2.66. The minimum absolute atomic E-state index is 0.0378. The number of benzene rings is 3. The van der Waals surface area contributed by atoms with Gasteiger partial charge in [-0.3, -0.25) is 15.0 Å². The number of aryl methyl sites for hydroxylation is 1. The maximum absolute atomic E-state index is 14.7. The average Bonchev–Trinajstić information content (AvgIpc) is 3.16. The summed E-state index contributed by atoms with van der Waals surface area (Å²) >= 11 is 0. The predicted molar refractivity (Wildman–Crippen MR) is 145 cm³/mol. The molecular formula is C31H30N2O5. The highest BCUT2D eigenvalue weighted by Crippen LogP contribution is 2.60. The second kappa shape index (κ2) is 9.74. The number of imide groups is 1. The number of allylic oxidation sites excluding steroid dienone is 3. The second-order valence-electron chi connectivity index (χ2n) is 9.59. The highest BCUT2D eigenvalue weighted by atomic mass is 16.5. The number of ether oxygens (including phenoxy) is 2. The van der Waals surface area contributed by atoms with Gasteiger partial charge in [0, 0.05) is 23.6 Å². The molecule has 3 aromatic rings. The molecule has 194 valence electrons. The maximum Gasteiger partial charge on any atom is 0.260 e. The Morgan fingerprint density at radius 3 is 2.24 bits per heavy atom. The van der Waals surface area contributed by atoms with Crippen molar-refractivity contribution < 1.29 is 24.2 Å². The number of nitrogens with one attached hydrogen (secondary N) is 1. The molecule has 2 aliphatic rings. The fourth-order valence-corrected chi connectivity index (χ4v) is 5.90. The van der Waals surface area contributed by atoms with Crippen LogP contribution in [0.2, 0.25) is 0 Å². The molecule has 1 heterocycles. The lowest BCUT2D eigenvalue weighted by Gasteiger charge is -2.43. The number of aromatic hydroxyl groups is 1. The number of nitrogens with zero attached hydrogens (tertiary/aromatic N) is 1. The average molecular weight is 511 g/mol. The third-order valence-electron chi connectivity index (χ3n) is 7.60. The van der Waals surface area contributed by atoms with Crippen LogP contribution in [0.1, 0.15) is 29.0 Å². The molecule has 7 heteroatoms. The van der Waals surface area contributed by atoms with Crippen LogP contribution in [0.4, 0.5) is 5.69 Å². The van der Waals surface area contributed by atoms with E-state index < -0.39 is 17.3 Å². The van der Waals surface area contributed by atoms with Gasteiger partial charge in [0.15, 0.2) is 0 Å². The molecule has 3 aromatic carbocycles. The SMILES string of the molecule is C=CC1=CCC2C(=O)N(Nc3ccc(C)cc3)C(=O)C2(c2ccccc2)C1c1c(OC)cc(O)cc1OC. The summed E-state index contributed by atoms with van der Waals surface area (Å²) in [5.41, 5.74) is 5.47. The number of hydrogen-bond donors (Lipinski definition) is 2. The number of hydrazine groups is 1. The monoisotopic (exact) mass is 510 g/mol. The molecule has 5 rings (SSSR count). The summed E-state index contributed by atoms with van der Waals surface area (Å²) in [6.45, 7) is 6.01. The molecule has 3 atom stereocenters. The van der Waals surface area contributed by atoms with Gasteiger partial charge in [0.2, 0.25) is 0 Å². The van der Waals surface area contributed by atoms with Gasteiger partial charge >= 0.3 is 0 Å². The summed E-state index contributed by atoms with van der Waals surface area (Å²) in [5.74, 6) is -1.43. The molecule has 3 unspecified atom stereocenters. The normalized spacial score (nSPS) is 22.5. The van der Waals surface area contributed by atoms with E-state index in [1.54, 1.807) is 6.08 Å². The van der Waals surface area contributed by atoms with Gasteiger partial charge in [-0.15, -0.1) is 0 Å². The summed E-state index contributed by atoms with van der Waals surface area (Å²) in [6.07, 6.45) is 4.02. The van der Waals surface area contributed by atoms with Gasteiger partial charge in [-0.2, -0.15) is 5.01 Å². The van der Waals surface area contributed by atoms with Crippen molar-refractivity contribution in [2.45, 2.75) is 24.7 Å². The van der Waals surface area contributed by atoms with E-state index in [-0.39, 0.29) is 17.6 Å². The number of methoxy groups -OCH3 is 2. The highest BCUT2D eigenvalue weighted by molar-refractivity contribution is 6.13.